The molecule has 10 heavy (non-hydrogen) atoms. The molecule has 3 nitrogen and oxygen atoms in total. The molecule has 1 aliphatic heterocycles. The molecule has 0 amide bonds. The van der Waals surface area contributed by atoms with Crippen LogP contribution in [0.15, 0.2) is 4.99 Å². The van der Waals surface area contributed by atoms with Gasteiger partial charge in [0.2, 0.25) is 0 Å². The summed E-state index contributed by atoms with van der Waals surface area (Å²) in [4.78, 5) is 14.3. The molecule has 1 heterocycles. The molecule has 0 atom stereocenters. The number of carboxylic acid groups (broad SMARTS) is 1. The summed E-state index contributed by atoms with van der Waals surface area (Å²) in [6.45, 7) is 0.696. The highest BCUT2D eigenvalue weighted by Crippen LogP contribution is 2.06. The van der Waals surface area contributed by atoms with Gasteiger partial charge in [-0.1, -0.05) is 6.42 Å². The van der Waals surface area contributed by atoms with Gasteiger partial charge in [-0.3, -0.25) is 4.99 Å². The minimum Gasteiger partial charge on any atom is -0.477 e. The zero-order chi connectivity index (χ0) is 7.40. The molecule has 0 bridgehead atoms. The van der Waals surface area contributed by atoms with Gasteiger partial charge in [0.1, 0.15) is 5.71 Å². The molecule has 1 rings (SSSR count). The quantitative estimate of drug-likeness (QED) is 0.594. The lowest BCUT2D eigenvalue weighted by Crippen LogP contribution is -2.11. The van der Waals surface area contributed by atoms with E-state index in [4.69, 9.17) is 5.11 Å². The molecular weight excluding hydrogens is 130 g/mol. The molecule has 0 aromatic carbocycles. The van der Waals surface area contributed by atoms with Crippen LogP contribution in [0.25, 0.3) is 0 Å². The number of rotatable bonds is 1. The van der Waals surface area contributed by atoms with Gasteiger partial charge in [-0.2, -0.15) is 0 Å². The molecule has 0 aliphatic carbocycles. The van der Waals surface area contributed by atoms with Gasteiger partial charge in [0.15, 0.2) is 0 Å². The molecule has 1 N–H and O–H groups in total. The average Bonchev–Trinajstić information content (AvgIpc) is 2.12. The normalized spacial score (nSPS) is 19.4. The van der Waals surface area contributed by atoms with E-state index in [9.17, 15) is 4.79 Å². The third-order valence-electron chi connectivity index (χ3n) is 1.62. The summed E-state index contributed by atoms with van der Waals surface area (Å²) >= 11 is 0. The maximum atomic E-state index is 10.4. The van der Waals surface area contributed by atoms with Crippen molar-refractivity contribution in [1.29, 1.82) is 0 Å². The van der Waals surface area contributed by atoms with Crippen molar-refractivity contribution in [2.24, 2.45) is 4.99 Å². The van der Waals surface area contributed by atoms with Crippen molar-refractivity contribution >= 4 is 11.7 Å². The van der Waals surface area contributed by atoms with E-state index < -0.39 is 5.97 Å². The molecule has 0 aromatic heterocycles. The van der Waals surface area contributed by atoms with Crippen LogP contribution in [-0.4, -0.2) is 23.3 Å². The largest absolute Gasteiger partial charge is 0.477 e. The number of aliphatic carboxylic acids is 1. The molecule has 0 spiro atoms. The van der Waals surface area contributed by atoms with Gasteiger partial charge in [0.05, 0.1) is 0 Å². The maximum absolute atomic E-state index is 10.4. The van der Waals surface area contributed by atoms with Gasteiger partial charge in [-0.15, -0.1) is 0 Å². The molecule has 0 fully saturated rings. The molecule has 0 radical (unpaired) electrons. The molecular formula is C7H11NO2. The Balaban J connectivity index is 2.54. The van der Waals surface area contributed by atoms with Crippen LogP contribution < -0.4 is 0 Å². The van der Waals surface area contributed by atoms with E-state index in [1.807, 2.05) is 0 Å². The van der Waals surface area contributed by atoms with Gasteiger partial charge < -0.3 is 5.11 Å². The van der Waals surface area contributed by atoms with E-state index in [1.54, 1.807) is 0 Å². The first-order chi connectivity index (χ1) is 4.80. The van der Waals surface area contributed by atoms with Crippen LogP contribution in [0.2, 0.25) is 0 Å². The molecule has 0 aromatic rings. The lowest BCUT2D eigenvalue weighted by atomic mass is 10.1. The summed E-state index contributed by atoms with van der Waals surface area (Å²) in [5.41, 5.74) is 0.359. The number of carbonyl (C=O) groups is 1. The smallest absolute Gasteiger partial charge is 0.349 e. The predicted octanol–water partition coefficient (Wildman–Crippen LogP) is 1.09. The van der Waals surface area contributed by atoms with Crippen molar-refractivity contribution in [2.75, 3.05) is 6.54 Å². The number of hydrogen-bond donors (Lipinski definition) is 1. The number of carboxylic acids is 1. The second-order valence-corrected chi connectivity index (χ2v) is 2.44. The van der Waals surface area contributed by atoms with Crippen LogP contribution in [0, 0.1) is 0 Å². The summed E-state index contributed by atoms with van der Waals surface area (Å²) in [5.74, 6) is -0.845. The highest BCUT2D eigenvalue weighted by molar-refractivity contribution is 6.35. The van der Waals surface area contributed by atoms with E-state index in [1.165, 1.54) is 0 Å². The van der Waals surface area contributed by atoms with Crippen LogP contribution in [-0.2, 0) is 4.79 Å². The van der Waals surface area contributed by atoms with Crippen molar-refractivity contribution < 1.29 is 9.90 Å². The monoisotopic (exact) mass is 141 g/mol. The lowest BCUT2D eigenvalue weighted by molar-refractivity contribution is -0.129. The zero-order valence-corrected chi connectivity index (χ0v) is 5.84. The predicted molar refractivity (Wildman–Crippen MR) is 38.4 cm³/mol. The first-order valence-corrected chi connectivity index (χ1v) is 3.57. The van der Waals surface area contributed by atoms with Gasteiger partial charge in [-0.05, 0) is 19.3 Å². The number of aliphatic imine (C=N–C) groups is 1. The average molecular weight is 141 g/mol. The van der Waals surface area contributed by atoms with Gasteiger partial charge in [0.25, 0.3) is 0 Å². The molecule has 56 valence electrons. The van der Waals surface area contributed by atoms with Crippen LogP contribution in [0.5, 0.6) is 0 Å². The van der Waals surface area contributed by atoms with Gasteiger partial charge in [0, 0.05) is 6.54 Å². The Morgan fingerprint density at radius 3 is 2.90 bits per heavy atom. The fourth-order valence-corrected chi connectivity index (χ4v) is 1.05. The molecule has 0 saturated heterocycles. The zero-order valence-electron chi connectivity index (χ0n) is 5.84. The fourth-order valence-electron chi connectivity index (χ4n) is 1.05. The summed E-state index contributed by atoms with van der Waals surface area (Å²) in [6, 6.07) is 0. The first-order valence-electron chi connectivity index (χ1n) is 3.57. The first kappa shape index (κ1) is 7.25. The SMILES string of the molecule is O=C(O)C1=NCCCCC1. The van der Waals surface area contributed by atoms with Crippen LogP contribution in [0.4, 0.5) is 0 Å². The second-order valence-electron chi connectivity index (χ2n) is 2.44. The molecule has 0 saturated carbocycles. The summed E-state index contributed by atoms with van der Waals surface area (Å²) in [5, 5.41) is 8.53. The van der Waals surface area contributed by atoms with E-state index in [-0.39, 0.29) is 0 Å². The van der Waals surface area contributed by atoms with Gasteiger partial charge >= 0.3 is 5.97 Å². The van der Waals surface area contributed by atoms with E-state index in [2.05, 4.69) is 4.99 Å². The van der Waals surface area contributed by atoms with E-state index in [0.29, 0.717) is 18.7 Å². The molecule has 0 unspecified atom stereocenters. The molecule has 1 aliphatic rings. The van der Waals surface area contributed by atoms with Crippen LogP contribution in [0.1, 0.15) is 25.7 Å². The summed E-state index contributed by atoms with van der Waals surface area (Å²) in [6.07, 6.45) is 3.78. The van der Waals surface area contributed by atoms with Crippen molar-refractivity contribution in [1.82, 2.24) is 0 Å². The lowest BCUT2D eigenvalue weighted by Gasteiger charge is -1.93. The minimum atomic E-state index is -0.845. The molecule has 3 heteroatoms. The second kappa shape index (κ2) is 3.34. The third-order valence-corrected chi connectivity index (χ3v) is 1.62. The van der Waals surface area contributed by atoms with Crippen LogP contribution >= 0.6 is 0 Å². The highest BCUT2D eigenvalue weighted by Gasteiger charge is 2.10. The van der Waals surface area contributed by atoms with E-state index >= 15 is 0 Å². The van der Waals surface area contributed by atoms with Crippen molar-refractivity contribution in [3.8, 4) is 0 Å². The Morgan fingerprint density at radius 1 is 1.40 bits per heavy atom. The number of hydrogen-bond acceptors (Lipinski definition) is 2. The standard InChI is InChI=1S/C7H11NO2/c9-7(10)6-4-2-1-3-5-8-6/h1-5H2,(H,9,10). The van der Waals surface area contributed by atoms with Crippen LogP contribution in [0.3, 0.4) is 0 Å². The highest BCUT2D eigenvalue weighted by atomic mass is 16.4. The summed E-state index contributed by atoms with van der Waals surface area (Å²) < 4.78 is 0. The maximum Gasteiger partial charge on any atom is 0.349 e. The minimum absolute atomic E-state index is 0.359. The Kier molecular flexibility index (Phi) is 2.42. The third kappa shape index (κ3) is 1.83. The van der Waals surface area contributed by atoms with Crippen molar-refractivity contribution in [2.45, 2.75) is 25.7 Å². The topological polar surface area (TPSA) is 49.7 Å². The Morgan fingerprint density at radius 2 is 2.20 bits per heavy atom. The summed E-state index contributed by atoms with van der Waals surface area (Å²) in [7, 11) is 0. The Labute approximate surface area is 59.8 Å². The Bertz CT molecular complexity index is 163. The number of nitrogens with zero attached hydrogens (tertiary/aromatic N) is 1. The fraction of sp³-hybridized carbons (Fsp3) is 0.714. The van der Waals surface area contributed by atoms with Gasteiger partial charge in [-0.25, -0.2) is 4.79 Å². The van der Waals surface area contributed by atoms with Crippen molar-refractivity contribution in [3.05, 3.63) is 0 Å². The van der Waals surface area contributed by atoms with E-state index in [0.717, 1.165) is 19.3 Å². The van der Waals surface area contributed by atoms with Crippen molar-refractivity contribution in [3.63, 3.8) is 0 Å². The Hall–Kier alpha value is -0.860.